The van der Waals surface area contributed by atoms with Gasteiger partial charge in [0.05, 0.1) is 5.39 Å². The van der Waals surface area contributed by atoms with Crippen LogP contribution in [0, 0.1) is 5.21 Å². The second kappa shape index (κ2) is 4.03. The highest BCUT2D eigenvalue weighted by molar-refractivity contribution is 6.16. The Morgan fingerprint density at radius 2 is 2.13 bits per heavy atom. The maximum atomic E-state index is 11.8. The van der Waals surface area contributed by atoms with Gasteiger partial charge in [0.1, 0.15) is 11.6 Å². The van der Waals surface area contributed by atoms with Crippen molar-refractivity contribution in [1.29, 1.82) is 0 Å². The summed E-state index contributed by atoms with van der Waals surface area (Å²) in [5.41, 5.74) is 1.56. The van der Waals surface area contributed by atoms with E-state index in [1.165, 1.54) is 0 Å². The highest BCUT2D eigenvalue weighted by Crippen LogP contribution is 2.15. The van der Waals surface area contributed by atoms with Crippen LogP contribution >= 0.6 is 11.6 Å². The molecule has 2 aromatic rings. The Bertz CT molecular complexity index is 499. The fourth-order valence-corrected chi connectivity index (χ4v) is 1.85. The maximum Gasteiger partial charge on any atom is 0.317 e. The SMILES string of the molecule is CCc1c2ccccc2nc(CCl)[n+]1[O-]. The molecule has 15 heavy (non-hydrogen) atoms. The van der Waals surface area contributed by atoms with Crippen LogP contribution in [-0.4, -0.2) is 4.98 Å². The van der Waals surface area contributed by atoms with E-state index in [-0.39, 0.29) is 5.88 Å². The number of benzene rings is 1. The van der Waals surface area contributed by atoms with Crippen LogP contribution in [0.25, 0.3) is 10.9 Å². The molecule has 1 aromatic carbocycles. The number of aromatic nitrogens is 2. The molecule has 4 heteroatoms. The molecule has 0 spiro atoms. The number of para-hydroxylation sites is 1. The van der Waals surface area contributed by atoms with Gasteiger partial charge in [0.15, 0.2) is 5.52 Å². The quantitative estimate of drug-likeness (QED) is 0.444. The molecule has 0 amide bonds. The van der Waals surface area contributed by atoms with Gasteiger partial charge >= 0.3 is 5.82 Å². The fraction of sp³-hybridized carbons (Fsp3) is 0.273. The van der Waals surface area contributed by atoms with Gasteiger partial charge < -0.3 is 5.21 Å². The average molecular weight is 223 g/mol. The highest BCUT2D eigenvalue weighted by atomic mass is 35.5. The van der Waals surface area contributed by atoms with Gasteiger partial charge in [-0.25, -0.2) is 4.73 Å². The Balaban J connectivity index is 2.83. The zero-order chi connectivity index (χ0) is 10.8. The highest BCUT2D eigenvalue weighted by Gasteiger charge is 2.15. The summed E-state index contributed by atoms with van der Waals surface area (Å²) in [6.45, 7) is 1.95. The zero-order valence-corrected chi connectivity index (χ0v) is 9.16. The normalized spacial score (nSPS) is 10.8. The molecule has 0 saturated heterocycles. The van der Waals surface area contributed by atoms with Gasteiger partial charge in [-0.15, -0.1) is 11.6 Å². The first kappa shape index (κ1) is 10.2. The molecule has 0 aliphatic heterocycles. The van der Waals surface area contributed by atoms with E-state index >= 15 is 0 Å². The molecule has 1 heterocycles. The van der Waals surface area contributed by atoms with E-state index in [0.29, 0.717) is 12.2 Å². The fourth-order valence-electron chi connectivity index (χ4n) is 1.68. The minimum Gasteiger partial charge on any atom is -0.710 e. The number of rotatable bonds is 2. The largest absolute Gasteiger partial charge is 0.710 e. The number of nitrogens with zero attached hydrogens (tertiary/aromatic N) is 2. The minimum atomic E-state index is 0.140. The summed E-state index contributed by atoms with van der Waals surface area (Å²) < 4.78 is 0.843. The van der Waals surface area contributed by atoms with Gasteiger partial charge in [-0.1, -0.05) is 19.1 Å². The van der Waals surface area contributed by atoms with Gasteiger partial charge in [-0.2, -0.15) is 0 Å². The van der Waals surface area contributed by atoms with Crippen molar-refractivity contribution in [2.24, 2.45) is 0 Å². The first-order valence-electron chi connectivity index (χ1n) is 4.84. The number of halogens is 1. The van der Waals surface area contributed by atoms with Crippen molar-refractivity contribution in [3.63, 3.8) is 0 Å². The molecule has 78 valence electrons. The third-order valence-electron chi connectivity index (χ3n) is 2.40. The summed E-state index contributed by atoms with van der Waals surface area (Å²) in [5.74, 6) is 0.508. The summed E-state index contributed by atoms with van der Waals surface area (Å²) in [6, 6.07) is 7.61. The lowest BCUT2D eigenvalue weighted by atomic mass is 10.1. The van der Waals surface area contributed by atoms with E-state index in [9.17, 15) is 5.21 Å². The van der Waals surface area contributed by atoms with Crippen molar-refractivity contribution < 1.29 is 4.73 Å². The summed E-state index contributed by atoms with van der Waals surface area (Å²) in [4.78, 5) is 4.22. The molecule has 0 aliphatic rings. The Hall–Kier alpha value is -1.35. The molecule has 0 atom stereocenters. The molecular formula is C11H11ClN2O. The van der Waals surface area contributed by atoms with Crippen molar-refractivity contribution in [2.75, 3.05) is 0 Å². The van der Waals surface area contributed by atoms with Gasteiger partial charge in [0.2, 0.25) is 0 Å². The molecule has 1 aromatic heterocycles. The van der Waals surface area contributed by atoms with E-state index < -0.39 is 0 Å². The number of hydrogen-bond acceptors (Lipinski definition) is 2. The first-order valence-corrected chi connectivity index (χ1v) is 5.37. The Morgan fingerprint density at radius 3 is 2.80 bits per heavy atom. The summed E-state index contributed by atoms with van der Waals surface area (Å²) >= 11 is 5.68. The van der Waals surface area contributed by atoms with Crippen molar-refractivity contribution in [3.8, 4) is 0 Å². The smallest absolute Gasteiger partial charge is 0.317 e. The van der Waals surface area contributed by atoms with Crippen LogP contribution in [-0.2, 0) is 12.3 Å². The molecule has 0 fully saturated rings. The van der Waals surface area contributed by atoms with Gasteiger partial charge in [-0.05, 0) is 17.1 Å². The van der Waals surface area contributed by atoms with Gasteiger partial charge in [-0.3, -0.25) is 0 Å². The van der Waals surface area contributed by atoms with E-state index in [1.807, 2.05) is 31.2 Å². The topological polar surface area (TPSA) is 39.8 Å². The lowest BCUT2D eigenvalue weighted by Gasteiger charge is -2.11. The Morgan fingerprint density at radius 1 is 1.40 bits per heavy atom. The summed E-state index contributed by atoms with van der Waals surface area (Å²) in [5, 5.41) is 12.7. The monoisotopic (exact) mass is 222 g/mol. The van der Waals surface area contributed by atoms with Gasteiger partial charge in [0, 0.05) is 6.42 Å². The zero-order valence-electron chi connectivity index (χ0n) is 8.40. The van der Waals surface area contributed by atoms with E-state index in [4.69, 9.17) is 11.6 Å². The second-order valence-electron chi connectivity index (χ2n) is 3.27. The molecule has 3 nitrogen and oxygen atoms in total. The average Bonchev–Trinajstić information content (AvgIpc) is 2.28. The molecule has 0 bridgehead atoms. The van der Waals surface area contributed by atoms with Crippen LogP contribution in [0.1, 0.15) is 18.4 Å². The lowest BCUT2D eigenvalue weighted by Crippen LogP contribution is -2.37. The molecule has 0 N–H and O–H groups in total. The van der Waals surface area contributed by atoms with Crippen molar-refractivity contribution in [2.45, 2.75) is 19.2 Å². The molecule has 0 saturated carbocycles. The van der Waals surface area contributed by atoms with Crippen molar-refractivity contribution >= 4 is 22.5 Å². The summed E-state index contributed by atoms with van der Waals surface area (Å²) in [7, 11) is 0. The predicted octanol–water partition coefficient (Wildman–Crippen LogP) is 2.17. The van der Waals surface area contributed by atoms with Crippen LogP contribution in [0.3, 0.4) is 0 Å². The molecule has 0 radical (unpaired) electrons. The number of hydrogen-bond donors (Lipinski definition) is 0. The molecule has 2 rings (SSSR count). The van der Waals surface area contributed by atoms with Crippen LogP contribution in [0.5, 0.6) is 0 Å². The molecule has 0 aliphatic carbocycles. The van der Waals surface area contributed by atoms with Crippen molar-refractivity contribution in [3.05, 3.63) is 41.0 Å². The number of aryl methyl sites for hydroxylation is 1. The number of alkyl halides is 1. The van der Waals surface area contributed by atoms with E-state index in [0.717, 1.165) is 21.3 Å². The summed E-state index contributed by atoms with van der Waals surface area (Å²) in [6.07, 6.45) is 0.677. The standard InChI is InChI=1S/C11H11ClN2O/c1-2-10-8-5-3-4-6-9(8)13-11(7-12)14(10)15/h3-6H,2,7H2,1H3. The van der Waals surface area contributed by atoms with E-state index in [2.05, 4.69) is 4.98 Å². The maximum absolute atomic E-state index is 11.8. The predicted molar refractivity (Wildman–Crippen MR) is 59.6 cm³/mol. The van der Waals surface area contributed by atoms with Crippen LogP contribution in [0.4, 0.5) is 0 Å². The van der Waals surface area contributed by atoms with Crippen LogP contribution < -0.4 is 4.73 Å². The van der Waals surface area contributed by atoms with Crippen molar-refractivity contribution in [1.82, 2.24) is 4.98 Å². The number of fused-ring (bicyclic) bond motifs is 1. The minimum absolute atomic E-state index is 0.140. The lowest BCUT2D eigenvalue weighted by molar-refractivity contribution is -0.623. The first-order chi connectivity index (χ1) is 7.27. The van der Waals surface area contributed by atoms with E-state index in [1.54, 1.807) is 0 Å². The third kappa shape index (κ3) is 1.63. The molecular weight excluding hydrogens is 212 g/mol. The molecule has 0 unspecified atom stereocenters. The Labute approximate surface area is 92.9 Å². The Kier molecular flexibility index (Phi) is 2.73. The van der Waals surface area contributed by atoms with Gasteiger partial charge in [0.25, 0.3) is 0 Å². The second-order valence-corrected chi connectivity index (χ2v) is 3.54. The van der Waals surface area contributed by atoms with Crippen LogP contribution in [0.2, 0.25) is 0 Å². The third-order valence-corrected chi connectivity index (χ3v) is 2.64. The van der Waals surface area contributed by atoms with Crippen LogP contribution in [0.15, 0.2) is 24.3 Å².